The van der Waals surface area contributed by atoms with Crippen molar-refractivity contribution in [3.63, 3.8) is 0 Å². The SMILES string of the molecule is CCCOCCN(CC1CC1)CC1CCCN1. The molecule has 0 aromatic rings. The highest BCUT2D eigenvalue weighted by molar-refractivity contribution is 4.82. The van der Waals surface area contributed by atoms with Crippen LogP contribution in [0.4, 0.5) is 0 Å². The molecule has 1 aliphatic carbocycles. The van der Waals surface area contributed by atoms with Gasteiger partial charge in [-0.05, 0) is 44.6 Å². The van der Waals surface area contributed by atoms with E-state index in [1.165, 1.54) is 45.3 Å². The van der Waals surface area contributed by atoms with Crippen LogP contribution in [0.25, 0.3) is 0 Å². The van der Waals surface area contributed by atoms with Crippen molar-refractivity contribution in [2.45, 2.75) is 45.1 Å². The fourth-order valence-electron chi connectivity index (χ4n) is 2.59. The normalized spacial score (nSPS) is 24.7. The molecule has 0 spiro atoms. The van der Waals surface area contributed by atoms with Gasteiger partial charge in [0, 0.05) is 32.3 Å². The Bertz CT molecular complexity index is 200. The van der Waals surface area contributed by atoms with Gasteiger partial charge in [0.25, 0.3) is 0 Å². The summed E-state index contributed by atoms with van der Waals surface area (Å²) >= 11 is 0. The van der Waals surface area contributed by atoms with E-state index in [2.05, 4.69) is 17.1 Å². The molecule has 1 unspecified atom stereocenters. The van der Waals surface area contributed by atoms with Crippen molar-refractivity contribution in [2.75, 3.05) is 39.4 Å². The first kappa shape index (κ1) is 13.3. The zero-order valence-corrected chi connectivity index (χ0v) is 11.3. The third kappa shape index (κ3) is 5.36. The summed E-state index contributed by atoms with van der Waals surface area (Å²) < 4.78 is 5.62. The Kier molecular flexibility index (Phi) is 5.75. The summed E-state index contributed by atoms with van der Waals surface area (Å²) in [5, 5.41) is 3.60. The van der Waals surface area contributed by atoms with Gasteiger partial charge in [-0.15, -0.1) is 0 Å². The molecule has 1 saturated heterocycles. The first-order valence-corrected chi connectivity index (χ1v) is 7.42. The molecule has 0 bridgehead atoms. The predicted octanol–water partition coefficient (Wildman–Crippen LogP) is 1.88. The van der Waals surface area contributed by atoms with E-state index < -0.39 is 0 Å². The van der Waals surface area contributed by atoms with Crippen molar-refractivity contribution >= 4 is 0 Å². The summed E-state index contributed by atoms with van der Waals surface area (Å²) in [6.45, 7) is 8.86. The molecule has 0 radical (unpaired) electrons. The van der Waals surface area contributed by atoms with Gasteiger partial charge in [0.05, 0.1) is 6.61 Å². The van der Waals surface area contributed by atoms with Crippen LogP contribution in [0.5, 0.6) is 0 Å². The standard InChI is InChI=1S/C14H28N2O/c1-2-9-17-10-8-16(11-13-5-6-13)12-14-4-3-7-15-14/h13-15H,2-12H2,1H3. The molecule has 1 saturated carbocycles. The molecular formula is C14H28N2O. The molecule has 3 nitrogen and oxygen atoms in total. The van der Waals surface area contributed by atoms with Gasteiger partial charge in [0.15, 0.2) is 0 Å². The number of hydrogen-bond acceptors (Lipinski definition) is 3. The van der Waals surface area contributed by atoms with Crippen LogP contribution in [-0.2, 0) is 4.74 Å². The number of rotatable bonds is 9. The molecule has 17 heavy (non-hydrogen) atoms. The van der Waals surface area contributed by atoms with Crippen LogP contribution in [0.2, 0.25) is 0 Å². The van der Waals surface area contributed by atoms with Crippen molar-refractivity contribution in [3.05, 3.63) is 0 Å². The van der Waals surface area contributed by atoms with Gasteiger partial charge >= 0.3 is 0 Å². The maximum atomic E-state index is 5.62. The minimum atomic E-state index is 0.736. The lowest BCUT2D eigenvalue weighted by Gasteiger charge is -2.25. The average molecular weight is 240 g/mol. The molecular weight excluding hydrogens is 212 g/mol. The molecule has 1 aliphatic heterocycles. The maximum Gasteiger partial charge on any atom is 0.0593 e. The first-order valence-electron chi connectivity index (χ1n) is 7.42. The maximum absolute atomic E-state index is 5.62. The van der Waals surface area contributed by atoms with Crippen molar-refractivity contribution in [3.8, 4) is 0 Å². The minimum Gasteiger partial charge on any atom is -0.380 e. The smallest absolute Gasteiger partial charge is 0.0593 e. The van der Waals surface area contributed by atoms with E-state index in [0.717, 1.165) is 38.1 Å². The molecule has 0 amide bonds. The van der Waals surface area contributed by atoms with Crippen LogP contribution >= 0.6 is 0 Å². The average Bonchev–Trinajstić information content (AvgIpc) is 2.99. The van der Waals surface area contributed by atoms with Crippen LogP contribution in [0, 0.1) is 5.92 Å². The molecule has 2 rings (SSSR count). The zero-order chi connectivity index (χ0) is 11.9. The van der Waals surface area contributed by atoms with Gasteiger partial charge in [0.1, 0.15) is 0 Å². The van der Waals surface area contributed by atoms with Crippen molar-refractivity contribution in [1.29, 1.82) is 0 Å². The van der Waals surface area contributed by atoms with E-state index in [0.29, 0.717) is 0 Å². The summed E-state index contributed by atoms with van der Waals surface area (Å²) in [4.78, 5) is 2.62. The molecule has 1 N–H and O–H groups in total. The number of hydrogen-bond donors (Lipinski definition) is 1. The number of nitrogens with zero attached hydrogens (tertiary/aromatic N) is 1. The Morgan fingerprint density at radius 2 is 2.06 bits per heavy atom. The molecule has 2 aliphatic rings. The van der Waals surface area contributed by atoms with Gasteiger partial charge in [-0.2, -0.15) is 0 Å². The molecule has 1 atom stereocenters. The second kappa shape index (κ2) is 7.34. The van der Waals surface area contributed by atoms with Crippen molar-refractivity contribution in [2.24, 2.45) is 5.92 Å². The van der Waals surface area contributed by atoms with Crippen LogP contribution in [0.3, 0.4) is 0 Å². The van der Waals surface area contributed by atoms with Crippen molar-refractivity contribution < 1.29 is 4.74 Å². The Morgan fingerprint density at radius 3 is 2.71 bits per heavy atom. The summed E-state index contributed by atoms with van der Waals surface area (Å²) in [6, 6.07) is 0.736. The third-order valence-electron chi connectivity index (χ3n) is 3.75. The minimum absolute atomic E-state index is 0.736. The number of nitrogens with one attached hydrogen (secondary N) is 1. The molecule has 2 fully saturated rings. The second-order valence-corrected chi connectivity index (χ2v) is 5.61. The lowest BCUT2D eigenvalue weighted by molar-refractivity contribution is 0.0991. The predicted molar refractivity (Wildman–Crippen MR) is 71.3 cm³/mol. The van der Waals surface area contributed by atoms with Gasteiger partial charge < -0.3 is 10.1 Å². The van der Waals surface area contributed by atoms with Crippen molar-refractivity contribution in [1.82, 2.24) is 10.2 Å². The molecule has 3 heteroatoms. The Labute approximate surface area is 106 Å². The Balaban J connectivity index is 1.63. The lowest BCUT2D eigenvalue weighted by atomic mass is 10.2. The summed E-state index contributed by atoms with van der Waals surface area (Å²) in [5.41, 5.74) is 0. The first-order chi connectivity index (χ1) is 8.38. The lowest BCUT2D eigenvalue weighted by Crippen LogP contribution is -2.40. The Morgan fingerprint density at radius 1 is 1.18 bits per heavy atom. The van der Waals surface area contributed by atoms with Gasteiger partial charge in [0.2, 0.25) is 0 Å². The van der Waals surface area contributed by atoms with Crippen LogP contribution in [-0.4, -0.2) is 50.3 Å². The fraction of sp³-hybridized carbons (Fsp3) is 1.00. The summed E-state index contributed by atoms with van der Waals surface area (Å²) in [6.07, 6.45) is 6.74. The molecule has 0 aromatic heterocycles. The van der Waals surface area contributed by atoms with E-state index in [-0.39, 0.29) is 0 Å². The summed E-state index contributed by atoms with van der Waals surface area (Å²) in [7, 11) is 0. The van der Waals surface area contributed by atoms with E-state index >= 15 is 0 Å². The summed E-state index contributed by atoms with van der Waals surface area (Å²) in [5.74, 6) is 0.988. The van der Waals surface area contributed by atoms with Gasteiger partial charge in [-0.1, -0.05) is 6.92 Å². The second-order valence-electron chi connectivity index (χ2n) is 5.61. The highest BCUT2D eigenvalue weighted by atomic mass is 16.5. The van der Waals surface area contributed by atoms with E-state index in [4.69, 9.17) is 4.74 Å². The zero-order valence-electron chi connectivity index (χ0n) is 11.3. The van der Waals surface area contributed by atoms with Crippen LogP contribution in [0.1, 0.15) is 39.0 Å². The monoisotopic (exact) mass is 240 g/mol. The van der Waals surface area contributed by atoms with Gasteiger partial charge in [-0.25, -0.2) is 0 Å². The van der Waals surface area contributed by atoms with E-state index in [1.807, 2.05) is 0 Å². The van der Waals surface area contributed by atoms with E-state index in [9.17, 15) is 0 Å². The highest BCUT2D eigenvalue weighted by Gasteiger charge is 2.26. The Hall–Kier alpha value is -0.120. The van der Waals surface area contributed by atoms with Gasteiger partial charge in [-0.3, -0.25) is 4.90 Å². The molecule has 1 heterocycles. The number of ether oxygens (including phenoxy) is 1. The largest absolute Gasteiger partial charge is 0.380 e. The fourth-order valence-corrected chi connectivity index (χ4v) is 2.59. The van der Waals surface area contributed by atoms with E-state index in [1.54, 1.807) is 0 Å². The highest BCUT2D eigenvalue weighted by Crippen LogP contribution is 2.29. The quantitative estimate of drug-likeness (QED) is 0.623. The topological polar surface area (TPSA) is 24.5 Å². The van der Waals surface area contributed by atoms with Crippen LogP contribution < -0.4 is 5.32 Å². The van der Waals surface area contributed by atoms with Crippen LogP contribution in [0.15, 0.2) is 0 Å². The molecule has 100 valence electrons. The molecule has 0 aromatic carbocycles. The third-order valence-corrected chi connectivity index (χ3v) is 3.75.